The van der Waals surface area contributed by atoms with Gasteiger partial charge >= 0.3 is 0 Å². The summed E-state index contributed by atoms with van der Waals surface area (Å²) >= 11 is 0. The highest BCUT2D eigenvalue weighted by atomic mass is 16.3. The van der Waals surface area contributed by atoms with Crippen molar-refractivity contribution in [1.82, 2.24) is 10.2 Å². The molecule has 0 unspecified atom stereocenters. The second-order valence-electron chi connectivity index (χ2n) is 9.51. The van der Waals surface area contributed by atoms with Gasteiger partial charge in [-0.1, -0.05) is 70.2 Å². The van der Waals surface area contributed by atoms with Gasteiger partial charge in [0.05, 0.1) is 0 Å². The maximum absolute atomic E-state index is 12.6. The Kier molecular flexibility index (Phi) is 7.19. The lowest BCUT2D eigenvalue weighted by molar-refractivity contribution is -0.126. The number of hydrogen-bond acceptors (Lipinski definition) is 3. The number of rotatable bonds is 6. The van der Waals surface area contributed by atoms with Crippen molar-refractivity contribution >= 4 is 5.91 Å². The third-order valence-electron chi connectivity index (χ3n) is 6.13. The zero-order valence-electron chi connectivity index (χ0n) is 18.9. The normalized spacial score (nSPS) is 15.9. The number of aryl methyl sites for hydroxylation is 1. The van der Waals surface area contributed by atoms with E-state index in [-0.39, 0.29) is 17.2 Å². The molecule has 4 nitrogen and oxygen atoms in total. The molecule has 0 spiro atoms. The Morgan fingerprint density at radius 3 is 2.37 bits per heavy atom. The van der Waals surface area contributed by atoms with Crippen LogP contribution in [0.25, 0.3) is 0 Å². The second kappa shape index (κ2) is 9.65. The Bertz CT molecular complexity index is 847. The molecule has 1 aliphatic rings. The zero-order chi connectivity index (χ0) is 21.7. The molecule has 2 N–H and O–H groups in total. The minimum Gasteiger partial charge on any atom is -0.507 e. The summed E-state index contributed by atoms with van der Waals surface area (Å²) in [7, 11) is 0. The fourth-order valence-corrected chi connectivity index (χ4v) is 4.18. The number of amides is 1. The lowest BCUT2D eigenvalue weighted by Gasteiger charge is -2.32. The zero-order valence-corrected chi connectivity index (χ0v) is 18.9. The molecule has 0 saturated carbocycles. The summed E-state index contributed by atoms with van der Waals surface area (Å²) in [4.78, 5) is 14.9. The largest absolute Gasteiger partial charge is 0.507 e. The fourth-order valence-electron chi connectivity index (χ4n) is 4.18. The van der Waals surface area contributed by atoms with Crippen molar-refractivity contribution in [2.24, 2.45) is 5.92 Å². The number of piperidine rings is 1. The van der Waals surface area contributed by atoms with Gasteiger partial charge in [-0.25, -0.2) is 0 Å². The minimum absolute atomic E-state index is 0.0747. The number of phenolic OH excluding ortho intramolecular Hbond substituents is 1. The SMILES string of the molecule is CCc1cc(CN2CCC(C(=O)NCc3ccccc3)CC2)c(O)c(C(C)(C)C)c1. The quantitative estimate of drug-likeness (QED) is 0.723. The van der Waals surface area contributed by atoms with Gasteiger partial charge in [0, 0.05) is 24.6 Å². The number of aromatic hydroxyl groups is 1. The number of nitrogens with one attached hydrogen (secondary N) is 1. The highest BCUT2D eigenvalue weighted by Gasteiger charge is 2.27. The van der Waals surface area contributed by atoms with Crippen molar-refractivity contribution in [3.8, 4) is 5.75 Å². The molecule has 0 radical (unpaired) electrons. The Labute approximate surface area is 181 Å². The van der Waals surface area contributed by atoms with Crippen LogP contribution in [-0.2, 0) is 29.7 Å². The molecule has 0 aromatic heterocycles. The molecule has 1 aliphatic heterocycles. The Hall–Kier alpha value is -2.33. The van der Waals surface area contributed by atoms with Crippen LogP contribution in [0.15, 0.2) is 42.5 Å². The van der Waals surface area contributed by atoms with E-state index in [0.29, 0.717) is 12.3 Å². The van der Waals surface area contributed by atoms with Crippen LogP contribution in [0.4, 0.5) is 0 Å². The van der Waals surface area contributed by atoms with Crippen LogP contribution in [0.2, 0.25) is 0 Å². The summed E-state index contributed by atoms with van der Waals surface area (Å²) in [6.45, 7) is 11.7. The number of phenols is 1. The van der Waals surface area contributed by atoms with Crippen LogP contribution in [0.5, 0.6) is 5.75 Å². The first-order valence-corrected chi connectivity index (χ1v) is 11.2. The molecule has 0 atom stereocenters. The van der Waals surface area contributed by atoms with Gasteiger partial charge < -0.3 is 10.4 Å². The molecule has 30 heavy (non-hydrogen) atoms. The molecule has 2 aromatic carbocycles. The first-order chi connectivity index (χ1) is 14.3. The van der Waals surface area contributed by atoms with E-state index < -0.39 is 0 Å². The van der Waals surface area contributed by atoms with E-state index >= 15 is 0 Å². The first kappa shape index (κ1) is 22.4. The smallest absolute Gasteiger partial charge is 0.223 e. The molecule has 0 bridgehead atoms. The molecule has 3 rings (SSSR count). The van der Waals surface area contributed by atoms with Gasteiger partial charge in [-0.2, -0.15) is 0 Å². The number of hydrogen-bond donors (Lipinski definition) is 2. The van der Waals surface area contributed by atoms with E-state index in [0.717, 1.165) is 55.6 Å². The molecule has 1 fully saturated rings. The molecular formula is C26H36N2O2. The topological polar surface area (TPSA) is 52.6 Å². The number of likely N-dealkylation sites (tertiary alicyclic amines) is 1. The predicted octanol–water partition coefficient (Wildman–Crippen LogP) is 4.78. The highest BCUT2D eigenvalue weighted by Crippen LogP contribution is 2.35. The molecule has 2 aromatic rings. The summed E-state index contributed by atoms with van der Waals surface area (Å²) in [5, 5.41) is 14.0. The lowest BCUT2D eigenvalue weighted by atomic mass is 9.83. The van der Waals surface area contributed by atoms with E-state index in [1.807, 2.05) is 30.3 Å². The van der Waals surface area contributed by atoms with Crippen molar-refractivity contribution in [2.45, 2.75) is 65.5 Å². The van der Waals surface area contributed by atoms with Gasteiger partial charge in [-0.15, -0.1) is 0 Å². The maximum atomic E-state index is 12.6. The van der Waals surface area contributed by atoms with Gasteiger partial charge in [-0.3, -0.25) is 9.69 Å². The average molecular weight is 409 g/mol. The number of benzene rings is 2. The van der Waals surface area contributed by atoms with Crippen molar-refractivity contribution in [3.63, 3.8) is 0 Å². The van der Waals surface area contributed by atoms with E-state index in [9.17, 15) is 9.90 Å². The predicted molar refractivity (Wildman–Crippen MR) is 122 cm³/mol. The number of carbonyl (C=O) groups excluding carboxylic acids is 1. The summed E-state index contributed by atoms with van der Waals surface area (Å²) in [5.74, 6) is 0.664. The molecule has 1 saturated heterocycles. The molecule has 0 aliphatic carbocycles. The van der Waals surface area contributed by atoms with Crippen molar-refractivity contribution in [2.75, 3.05) is 13.1 Å². The van der Waals surface area contributed by atoms with Crippen molar-refractivity contribution in [3.05, 3.63) is 64.7 Å². The Balaban J connectivity index is 1.57. The highest BCUT2D eigenvalue weighted by molar-refractivity contribution is 5.78. The van der Waals surface area contributed by atoms with Crippen LogP contribution in [-0.4, -0.2) is 29.0 Å². The molecule has 4 heteroatoms. The minimum atomic E-state index is -0.0894. The van der Waals surface area contributed by atoms with E-state index in [2.05, 4.69) is 50.0 Å². The summed E-state index contributed by atoms with van der Waals surface area (Å²) < 4.78 is 0. The molecule has 1 amide bonds. The lowest BCUT2D eigenvalue weighted by Crippen LogP contribution is -2.40. The maximum Gasteiger partial charge on any atom is 0.223 e. The third-order valence-corrected chi connectivity index (χ3v) is 6.13. The van der Waals surface area contributed by atoms with Gasteiger partial charge in [0.2, 0.25) is 5.91 Å². The van der Waals surface area contributed by atoms with Crippen molar-refractivity contribution in [1.29, 1.82) is 0 Å². The molecule has 162 valence electrons. The van der Waals surface area contributed by atoms with Gasteiger partial charge in [0.1, 0.15) is 5.75 Å². The fraction of sp³-hybridized carbons (Fsp3) is 0.500. The van der Waals surface area contributed by atoms with Crippen LogP contribution < -0.4 is 5.32 Å². The standard InChI is InChI=1S/C26H36N2O2/c1-5-19-15-22(24(29)23(16-19)26(2,3)4)18-28-13-11-21(12-14-28)25(30)27-17-20-9-7-6-8-10-20/h6-10,15-16,21,29H,5,11-14,17-18H2,1-4H3,(H,27,30). The molecule has 1 heterocycles. The molecular weight excluding hydrogens is 372 g/mol. The summed E-state index contributed by atoms with van der Waals surface area (Å²) in [6.07, 6.45) is 2.68. The van der Waals surface area contributed by atoms with E-state index in [4.69, 9.17) is 0 Å². The summed E-state index contributed by atoms with van der Waals surface area (Å²) in [5.41, 5.74) is 4.33. The number of carbonyl (C=O) groups is 1. The van der Waals surface area contributed by atoms with E-state index in [1.54, 1.807) is 0 Å². The van der Waals surface area contributed by atoms with Gasteiger partial charge in [0.15, 0.2) is 0 Å². The Morgan fingerprint density at radius 2 is 1.77 bits per heavy atom. The second-order valence-corrected chi connectivity index (χ2v) is 9.51. The van der Waals surface area contributed by atoms with Crippen LogP contribution in [0, 0.1) is 5.92 Å². The van der Waals surface area contributed by atoms with Crippen LogP contribution in [0.1, 0.15) is 62.8 Å². The summed E-state index contributed by atoms with van der Waals surface area (Å²) in [6, 6.07) is 14.3. The van der Waals surface area contributed by atoms with Crippen molar-refractivity contribution < 1.29 is 9.90 Å². The monoisotopic (exact) mass is 408 g/mol. The third kappa shape index (κ3) is 5.63. The van der Waals surface area contributed by atoms with Gasteiger partial charge in [-0.05, 0) is 54.5 Å². The van der Waals surface area contributed by atoms with Crippen LogP contribution >= 0.6 is 0 Å². The van der Waals surface area contributed by atoms with Crippen LogP contribution in [0.3, 0.4) is 0 Å². The Morgan fingerprint density at radius 1 is 1.10 bits per heavy atom. The first-order valence-electron chi connectivity index (χ1n) is 11.2. The average Bonchev–Trinajstić information content (AvgIpc) is 2.74. The number of nitrogens with zero attached hydrogens (tertiary/aromatic N) is 1. The van der Waals surface area contributed by atoms with Gasteiger partial charge in [0.25, 0.3) is 0 Å². The van der Waals surface area contributed by atoms with E-state index in [1.165, 1.54) is 5.56 Å².